The van der Waals surface area contributed by atoms with E-state index in [1.54, 1.807) is 19.2 Å². The minimum Gasteiger partial charge on any atom is -0.495 e. The first-order valence-corrected chi connectivity index (χ1v) is 5.26. The molecule has 4 nitrogen and oxygen atoms in total. The predicted molar refractivity (Wildman–Crippen MR) is 63.4 cm³/mol. The van der Waals surface area contributed by atoms with Crippen LogP contribution in [0.15, 0.2) is 12.1 Å². The Balaban J connectivity index is 3.14. The molecule has 0 bridgehead atoms. The quantitative estimate of drug-likeness (QED) is 0.828. The summed E-state index contributed by atoms with van der Waals surface area (Å²) in [5.41, 5.74) is 0.641. The van der Waals surface area contributed by atoms with E-state index < -0.39 is 6.10 Å². The number of nitrogens with one attached hydrogen (secondary N) is 1. The molecule has 1 unspecified atom stereocenters. The van der Waals surface area contributed by atoms with Gasteiger partial charge in [0.15, 0.2) is 0 Å². The molecule has 1 atom stereocenters. The highest BCUT2D eigenvalue weighted by molar-refractivity contribution is 6.33. The van der Waals surface area contributed by atoms with Crippen molar-refractivity contribution < 1.29 is 14.6 Å². The Hall–Kier alpha value is -0.970. The summed E-state index contributed by atoms with van der Waals surface area (Å²) in [4.78, 5) is 0. The lowest BCUT2D eigenvalue weighted by molar-refractivity contribution is 0.173. The highest BCUT2D eigenvalue weighted by Crippen LogP contribution is 2.39. The minimum atomic E-state index is -0.664. The zero-order chi connectivity index (χ0) is 12.1. The second kappa shape index (κ2) is 5.94. The lowest BCUT2D eigenvalue weighted by Gasteiger charge is -2.17. The first kappa shape index (κ1) is 13.1. The van der Waals surface area contributed by atoms with Crippen LogP contribution in [-0.2, 0) is 0 Å². The van der Waals surface area contributed by atoms with E-state index >= 15 is 0 Å². The molecule has 0 aliphatic heterocycles. The van der Waals surface area contributed by atoms with E-state index in [4.69, 9.17) is 21.1 Å². The van der Waals surface area contributed by atoms with E-state index in [0.717, 1.165) is 0 Å². The number of benzene rings is 1. The van der Waals surface area contributed by atoms with E-state index in [-0.39, 0.29) is 0 Å². The number of methoxy groups -OCH3 is 2. The summed E-state index contributed by atoms with van der Waals surface area (Å²) < 4.78 is 10.3. The van der Waals surface area contributed by atoms with Crippen LogP contribution in [0.4, 0.5) is 0 Å². The number of halogens is 1. The summed E-state index contributed by atoms with van der Waals surface area (Å²) in [6.45, 7) is 0.430. The molecule has 0 spiro atoms. The number of hydrogen-bond donors (Lipinski definition) is 2. The summed E-state index contributed by atoms with van der Waals surface area (Å²) in [6, 6.07) is 3.45. The van der Waals surface area contributed by atoms with Gasteiger partial charge in [0.1, 0.15) is 16.5 Å². The second-order valence-electron chi connectivity index (χ2n) is 3.28. The third kappa shape index (κ3) is 2.58. The smallest absolute Gasteiger partial charge is 0.147 e. The first-order chi connectivity index (χ1) is 7.65. The molecule has 16 heavy (non-hydrogen) atoms. The Kier molecular flexibility index (Phi) is 4.86. The molecule has 0 radical (unpaired) electrons. The van der Waals surface area contributed by atoms with Gasteiger partial charge in [-0.1, -0.05) is 11.6 Å². The Labute approximate surface area is 100 Å². The van der Waals surface area contributed by atoms with E-state index in [1.165, 1.54) is 14.2 Å². The molecule has 0 aromatic heterocycles. The van der Waals surface area contributed by atoms with Gasteiger partial charge in [-0.3, -0.25) is 0 Å². The Bertz CT molecular complexity index is 357. The molecule has 2 N–H and O–H groups in total. The highest BCUT2D eigenvalue weighted by atomic mass is 35.5. The molecular weight excluding hydrogens is 230 g/mol. The van der Waals surface area contributed by atoms with Crippen molar-refractivity contribution in [3.05, 3.63) is 22.7 Å². The average Bonchev–Trinajstić information content (AvgIpc) is 2.28. The zero-order valence-electron chi connectivity index (χ0n) is 9.58. The number of likely N-dealkylation sites (N-methyl/N-ethyl adjacent to an activating group) is 1. The molecular formula is C11H16ClNO3. The summed E-state index contributed by atoms with van der Waals surface area (Å²) in [5.74, 6) is 0.975. The molecule has 0 saturated carbocycles. The van der Waals surface area contributed by atoms with Gasteiger partial charge in [0.25, 0.3) is 0 Å². The summed E-state index contributed by atoms with van der Waals surface area (Å²) >= 11 is 6.08. The van der Waals surface area contributed by atoms with Gasteiger partial charge in [0.2, 0.25) is 0 Å². The largest absolute Gasteiger partial charge is 0.495 e. The Morgan fingerprint density at radius 2 is 2.06 bits per heavy atom. The van der Waals surface area contributed by atoms with E-state index in [9.17, 15) is 5.11 Å². The normalized spacial score (nSPS) is 12.3. The molecule has 5 heteroatoms. The van der Waals surface area contributed by atoms with Gasteiger partial charge < -0.3 is 19.9 Å². The van der Waals surface area contributed by atoms with Crippen molar-refractivity contribution in [1.29, 1.82) is 0 Å². The molecule has 0 aliphatic carbocycles. The van der Waals surface area contributed by atoms with Crippen LogP contribution in [0.1, 0.15) is 11.7 Å². The third-order valence-corrected chi connectivity index (χ3v) is 2.63. The van der Waals surface area contributed by atoms with E-state index in [1.807, 2.05) is 0 Å². The summed E-state index contributed by atoms with van der Waals surface area (Å²) in [5, 5.41) is 13.1. The number of aliphatic hydroxyl groups is 1. The van der Waals surface area contributed by atoms with Gasteiger partial charge >= 0.3 is 0 Å². The molecule has 0 fully saturated rings. The number of hydrogen-bond acceptors (Lipinski definition) is 4. The van der Waals surface area contributed by atoms with Crippen molar-refractivity contribution in [3.8, 4) is 11.5 Å². The summed E-state index contributed by atoms with van der Waals surface area (Å²) in [6.07, 6.45) is -0.664. The molecule has 0 aliphatic rings. The monoisotopic (exact) mass is 245 g/mol. The fourth-order valence-corrected chi connectivity index (χ4v) is 1.81. The molecule has 1 aromatic rings. The van der Waals surface area contributed by atoms with Crippen molar-refractivity contribution in [2.75, 3.05) is 27.8 Å². The lowest BCUT2D eigenvalue weighted by Crippen LogP contribution is -2.17. The maximum absolute atomic E-state index is 9.88. The van der Waals surface area contributed by atoms with Crippen LogP contribution in [-0.4, -0.2) is 32.9 Å². The highest BCUT2D eigenvalue weighted by Gasteiger charge is 2.18. The first-order valence-electron chi connectivity index (χ1n) is 4.88. The van der Waals surface area contributed by atoms with Gasteiger partial charge in [-0.05, 0) is 19.2 Å². The van der Waals surface area contributed by atoms with Crippen LogP contribution in [0.25, 0.3) is 0 Å². The van der Waals surface area contributed by atoms with Crippen LogP contribution in [0.3, 0.4) is 0 Å². The SMILES string of the molecule is CNCC(O)c1ccc(OC)c(Cl)c1OC. The van der Waals surface area contributed by atoms with Crippen molar-refractivity contribution >= 4 is 11.6 Å². The lowest BCUT2D eigenvalue weighted by atomic mass is 10.1. The van der Waals surface area contributed by atoms with Crippen LogP contribution in [0.5, 0.6) is 11.5 Å². The van der Waals surface area contributed by atoms with Gasteiger partial charge in [0, 0.05) is 12.1 Å². The van der Waals surface area contributed by atoms with Crippen molar-refractivity contribution in [1.82, 2.24) is 5.32 Å². The molecule has 0 heterocycles. The molecule has 0 saturated heterocycles. The zero-order valence-corrected chi connectivity index (χ0v) is 10.3. The number of rotatable bonds is 5. The maximum atomic E-state index is 9.88. The standard InChI is InChI=1S/C11H16ClNO3/c1-13-6-8(14)7-4-5-9(15-2)10(12)11(7)16-3/h4-5,8,13-14H,6H2,1-3H3. The van der Waals surface area contributed by atoms with Crippen molar-refractivity contribution in [2.45, 2.75) is 6.10 Å². The molecule has 90 valence electrons. The van der Waals surface area contributed by atoms with Gasteiger partial charge in [-0.25, -0.2) is 0 Å². The molecule has 1 aromatic carbocycles. The maximum Gasteiger partial charge on any atom is 0.147 e. The second-order valence-corrected chi connectivity index (χ2v) is 3.66. The minimum absolute atomic E-state index is 0.373. The van der Waals surface area contributed by atoms with E-state index in [0.29, 0.717) is 28.6 Å². The van der Waals surface area contributed by atoms with Crippen LogP contribution in [0.2, 0.25) is 5.02 Å². The van der Waals surface area contributed by atoms with Crippen LogP contribution >= 0.6 is 11.6 Å². The third-order valence-electron chi connectivity index (χ3n) is 2.27. The topological polar surface area (TPSA) is 50.7 Å². The van der Waals surface area contributed by atoms with Gasteiger partial charge in [0.05, 0.1) is 20.3 Å². The fraction of sp³-hybridized carbons (Fsp3) is 0.455. The predicted octanol–water partition coefficient (Wildman–Crippen LogP) is 1.61. The van der Waals surface area contributed by atoms with Crippen molar-refractivity contribution in [2.24, 2.45) is 0 Å². The number of aliphatic hydroxyl groups excluding tert-OH is 1. The van der Waals surface area contributed by atoms with Crippen LogP contribution in [0, 0.1) is 0 Å². The van der Waals surface area contributed by atoms with Crippen LogP contribution < -0.4 is 14.8 Å². The van der Waals surface area contributed by atoms with Crippen molar-refractivity contribution in [3.63, 3.8) is 0 Å². The number of ether oxygens (including phenoxy) is 2. The summed E-state index contributed by atoms with van der Waals surface area (Å²) in [7, 11) is 4.81. The molecule has 0 amide bonds. The van der Waals surface area contributed by atoms with E-state index in [2.05, 4.69) is 5.32 Å². The molecule has 1 rings (SSSR count). The average molecular weight is 246 g/mol. The Morgan fingerprint density at radius 1 is 1.38 bits per heavy atom. The fourth-order valence-electron chi connectivity index (χ4n) is 1.48. The Morgan fingerprint density at radius 3 is 2.56 bits per heavy atom. The van der Waals surface area contributed by atoms with Gasteiger partial charge in [-0.2, -0.15) is 0 Å². The van der Waals surface area contributed by atoms with Gasteiger partial charge in [-0.15, -0.1) is 0 Å².